The lowest BCUT2D eigenvalue weighted by molar-refractivity contribution is 0.102. The first-order chi connectivity index (χ1) is 7.65. The van der Waals surface area contributed by atoms with Crippen molar-refractivity contribution in [1.82, 2.24) is 10.1 Å². The Morgan fingerprint density at radius 2 is 2.31 bits per heavy atom. The van der Waals surface area contributed by atoms with Crippen LogP contribution < -0.4 is 5.32 Å². The van der Waals surface area contributed by atoms with Crippen molar-refractivity contribution in [3.8, 4) is 0 Å². The van der Waals surface area contributed by atoms with Crippen LogP contribution in [0, 0.1) is 6.92 Å². The van der Waals surface area contributed by atoms with Gasteiger partial charge in [0, 0.05) is 16.7 Å². The minimum atomic E-state index is -0.319. The van der Waals surface area contributed by atoms with E-state index in [1.807, 2.05) is 0 Å². The molecule has 0 aliphatic carbocycles. The van der Waals surface area contributed by atoms with Gasteiger partial charge in [-0.2, -0.15) is 0 Å². The number of amides is 1. The summed E-state index contributed by atoms with van der Waals surface area (Å²) >= 11 is 3.24. The summed E-state index contributed by atoms with van der Waals surface area (Å²) in [4.78, 5) is 15.6. The second kappa shape index (κ2) is 4.44. The molecule has 0 saturated carbocycles. The average molecular weight is 282 g/mol. The zero-order valence-corrected chi connectivity index (χ0v) is 9.98. The van der Waals surface area contributed by atoms with Crippen LogP contribution in [0.5, 0.6) is 0 Å². The minimum Gasteiger partial charge on any atom is -0.360 e. The summed E-state index contributed by atoms with van der Waals surface area (Å²) in [6.07, 6.45) is 1.56. The molecule has 1 N–H and O–H groups in total. The molecule has 0 aromatic carbocycles. The molecule has 0 atom stereocenters. The lowest BCUT2D eigenvalue weighted by atomic mass is 10.3. The number of aryl methyl sites for hydroxylation is 1. The third kappa shape index (κ3) is 2.46. The number of nitrogens with one attached hydrogen (secondary N) is 1. The van der Waals surface area contributed by atoms with Crippen LogP contribution in [0.1, 0.15) is 16.2 Å². The molecule has 0 bridgehead atoms. The highest BCUT2D eigenvalue weighted by Gasteiger charge is 2.09. The maximum absolute atomic E-state index is 11.7. The zero-order valence-electron chi connectivity index (χ0n) is 8.40. The van der Waals surface area contributed by atoms with Crippen LogP contribution in [0.15, 0.2) is 33.4 Å². The van der Waals surface area contributed by atoms with Gasteiger partial charge in [0.25, 0.3) is 5.91 Å². The summed E-state index contributed by atoms with van der Waals surface area (Å²) in [5, 5.41) is 6.23. The van der Waals surface area contributed by atoms with Gasteiger partial charge in [0.2, 0.25) is 0 Å². The first-order valence-electron chi connectivity index (χ1n) is 4.51. The fourth-order valence-corrected chi connectivity index (χ4v) is 1.35. The van der Waals surface area contributed by atoms with Crippen molar-refractivity contribution >= 4 is 27.7 Å². The van der Waals surface area contributed by atoms with Gasteiger partial charge in [0.05, 0.1) is 0 Å². The molecule has 2 aromatic rings. The Balaban J connectivity index is 2.11. The fraction of sp³-hybridized carbons (Fsp3) is 0.100. The maximum Gasteiger partial charge on any atom is 0.275 e. The number of hydrogen-bond acceptors (Lipinski definition) is 4. The van der Waals surface area contributed by atoms with Gasteiger partial charge in [-0.1, -0.05) is 5.16 Å². The summed E-state index contributed by atoms with van der Waals surface area (Å²) in [6.45, 7) is 1.75. The van der Waals surface area contributed by atoms with Crippen LogP contribution in [-0.4, -0.2) is 16.0 Å². The first kappa shape index (κ1) is 10.8. The quantitative estimate of drug-likeness (QED) is 0.918. The molecular weight excluding hydrogens is 274 g/mol. The van der Waals surface area contributed by atoms with Crippen molar-refractivity contribution < 1.29 is 9.32 Å². The standard InChI is InChI=1S/C10H8BrN3O2/c1-6-4-9(14-16-6)13-10(15)8-3-2-7(11)5-12-8/h2-5H,1H3,(H,13,14,15). The monoisotopic (exact) mass is 281 g/mol. The Hall–Kier alpha value is -1.69. The molecule has 0 aliphatic heterocycles. The summed E-state index contributed by atoms with van der Waals surface area (Å²) in [5.74, 6) is 0.701. The molecule has 6 heteroatoms. The van der Waals surface area contributed by atoms with Gasteiger partial charge in [-0.05, 0) is 35.0 Å². The van der Waals surface area contributed by atoms with E-state index in [-0.39, 0.29) is 5.91 Å². The molecule has 0 aliphatic rings. The van der Waals surface area contributed by atoms with Crippen LogP contribution in [0.2, 0.25) is 0 Å². The van der Waals surface area contributed by atoms with Crippen molar-refractivity contribution in [2.24, 2.45) is 0 Å². The third-order valence-corrected chi connectivity index (χ3v) is 2.30. The maximum atomic E-state index is 11.7. The summed E-state index contributed by atoms with van der Waals surface area (Å²) in [6, 6.07) is 5.00. The van der Waals surface area contributed by atoms with Crippen LogP contribution in [-0.2, 0) is 0 Å². The van der Waals surface area contributed by atoms with E-state index in [0.717, 1.165) is 4.47 Å². The van der Waals surface area contributed by atoms with E-state index in [4.69, 9.17) is 4.52 Å². The van der Waals surface area contributed by atoms with Gasteiger partial charge >= 0.3 is 0 Å². The Morgan fingerprint density at radius 1 is 1.50 bits per heavy atom. The Morgan fingerprint density at radius 3 is 2.88 bits per heavy atom. The number of carbonyl (C=O) groups is 1. The van der Waals surface area contributed by atoms with E-state index in [2.05, 4.69) is 31.4 Å². The van der Waals surface area contributed by atoms with E-state index in [0.29, 0.717) is 17.3 Å². The molecule has 1 amide bonds. The molecule has 82 valence electrons. The van der Waals surface area contributed by atoms with Crippen LogP contribution in [0.25, 0.3) is 0 Å². The van der Waals surface area contributed by atoms with Crippen LogP contribution >= 0.6 is 15.9 Å². The number of aromatic nitrogens is 2. The van der Waals surface area contributed by atoms with Gasteiger partial charge in [-0.3, -0.25) is 4.79 Å². The molecule has 2 aromatic heterocycles. The van der Waals surface area contributed by atoms with E-state index in [1.54, 1.807) is 31.3 Å². The molecule has 0 spiro atoms. The fourth-order valence-electron chi connectivity index (χ4n) is 1.12. The average Bonchev–Trinajstić information content (AvgIpc) is 2.65. The summed E-state index contributed by atoms with van der Waals surface area (Å²) in [5.41, 5.74) is 0.323. The molecule has 2 rings (SSSR count). The smallest absolute Gasteiger partial charge is 0.275 e. The Kier molecular flexibility index (Phi) is 3.00. The largest absolute Gasteiger partial charge is 0.360 e. The normalized spacial score (nSPS) is 10.1. The first-order valence-corrected chi connectivity index (χ1v) is 5.30. The summed E-state index contributed by atoms with van der Waals surface area (Å²) < 4.78 is 5.65. The Bertz CT molecular complexity index is 507. The Labute approximate surface area is 100.0 Å². The second-order valence-electron chi connectivity index (χ2n) is 3.14. The topological polar surface area (TPSA) is 68.0 Å². The molecule has 0 saturated heterocycles. The molecule has 0 radical (unpaired) electrons. The third-order valence-electron chi connectivity index (χ3n) is 1.83. The number of pyridine rings is 1. The van der Waals surface area contributed by atoms with Crippen molar-refractivity contribution in [2.75, 3.05) is 5.32 Å². The molecule has 5 nitrogen and oxygen atoms in total. The van der Waals surface area contributed by atoms with Crippen molar-refractivity contribution in [3.05, 3.63) is 40.3 Å². The lowest BCUT2D eigenvalue weighted by Crippen LogP contribution is -2.13. The van der Waals surface area contributed by atoms with E-state index in [9.17, 15) is 4.79 Å². The van der Waals surface area contributed by atoms with Crippen LogP contribution in [0.4, 0.5) is 5.82 Å². The van der Waals surface area contributed by atoms with Gasteiger partial charge in [0.1, 0.15) is 11.5 Å². The molecule has 16 heavy (non-hydrogen) atoms. The van der Waals surface area contributed by atoms with E-state index in [1.165, 1.54) is 0 Å². The SMILES string of the molecule is Cc1cc(NC(=O)c2ccc(Br)cn2)no1. The number of carbonyl (C=O) groups excluding carboxylic acids is 1. The summed E-state index contributed by atoms with van der Waals surface area (Å²) in [7, 11) is 0. The number of nitrogens with zero attached hydrogens (tertiary/aromatic N) is 2. The highest BCUT2D eigenvalue weighted by Crippen LogP contribution is 2.10. The predicted octanol–water partition coefficient (Wildman–Crippen LogP) is 2.39. The number of anilines is 1. The molecular formula is C10H8BrN3O2. The van der Waals surface area contributed by atoms with Crippen molar-refractivity contribution in [1.29, 1.82) is 0 Å². The minimum absolute atomic E-state index is 0.319. The number of hydrogen-bond donors (Lipinski definition) is 1. The predicted molar refractivity (Wildman–Crippen MR) is 61.1 cm³/mol. The molecule has 0 fully saturated rings. The second-order valence-corrected chi connectivity index (χ2v) is 4.05. The highest BCUT2D eigenvalue weighted by atomic mass is 79.9. The van der Waals surface area contributed by atoms with Gasteiger partial charge in [0.15, 0.2) is 5.82 Å². The van der Waals surface area contributed by atoms with E-state index < -0.39 is 0 Å². The van der Waals surface area contributed by atoms with Crippen molar-refractivity contribution in [2.45, 2.75) is 6.92 Å². The zero-order chi connectivity index (χ0) is 11.5. The number of halogens is 1. The van der Waals surface area contributed by atoms with Crippen molar-refractivity contribution in [3.63, 3.8) is 0 Å². The van der Waals surface area contributed by atoms with Crippen LogP contribution in [0.3, 0.4) is 0 Å². The number of rotatable bonds is 2. The van der Waals surface area contributed by atoms with Gasteiger partial charge in [-0.25, -0.2) is 4.98 Å². The lowest BCUT2D eigenvalue weighted by Gasteiger charge is -1.99. The van der Waals surface area contributed by atoms with E-state index >= 15 is 0 Å². The van der Waals surface area contributed by atoms with Gasteiger partial charge in [-0.15, -0.1) is 0 Å². The highest BCUT2D eigenvalue weighted by molar-refractivity contribution is 9.10. The molecule has 2 heterocycles. The van der Waals surface area contributed by atoms with Gasteiger partial charge < -0.3 is 9.84 Å². The molecule has 0 unspecified atom stereocenters.